The summed E-state index contributed by atoms with van der Waals surface area (Å²) in [7, 11) is 0. The summed E-state index contributed by atoms with van der Waals surface area (Å²) >= 11 is 0. The molecule has 0 aliphatic heterocycles. The number of aldehydes is 1. The van der Waals surface area contributed by atoms with Crippen LogP contribution in [0.15, 0.2) is 12.1 Å². The van der Waals surface area contributed by atoms with Crippen LogP contribution in [0.1, 0.15) is 16.1 Å². The van der Waals surface area contributed by atoms with Crippen molar-refractivity contribution in [2.75, 3.05) is 0 Å². The Hall–Kier alpha value is -1.84. The van der Waals surface area contributed by atoms with Gasteiger partial charge in [0.05, 0.1) is 5.52 Å². The summed E-state index contributed by atoms with van der Waals surface area (Å²) in [6.45, 7) is 1.83. The summed E-state index contributed by atoms with van der Waals surface area (Å²) in [6.07, 6.45) is 0.689. The zero-order valence-corrected chi connectivity index (χ0v) is 7.03. The van der Waals surface area contributed by atoms with E-state index in [4.69, 9.17) is 0 Å². The molecule has 1 aromatic heterocycles. The highest BCUT2D eigenvalue weighted by Crippen LogP contribution is 2.23. The number of fused-ring (bicyclic) bond motifs is 1. The maximum atomic E-state index is 10.6. The average Bonchev–Trinajstić information content (AvgIpc) is 2.47. The fraction of sp³-hybridized carbons (Fsp3) is 0.111. The number of aromatic amines is 1. The zero-order valence-electron chi connectivity index (χ0n) is 7.03. The molecule has 0 saturated carbocycles. The van der Waals surface area contributed by atoms with Gasteiger partial charge in [-0.25, -0.2) is 0 Å². The maximum Gasteiger partial charge on any atom is 0.168 e. The van der Waals surface area contributed by atoms with Crippen LogP contribution >= 0.6 is 0 Å². The van der Waals surface area contributed by atoms with E-state index in [1.54, 1.807) is 6.07 Å². The number of carbonyl (C=O) groups excluding carboxylic acids is 1. The minimum Gasteiger partial charge on any atom is -0.508 e. The van der Waals surface area contributed by atoms with Crippen LogP contribution in [0.3, 0.4) is 0 Å². The van der Waals surface area contributed by atoms with Gasteiger partial charge in [-0.15, -0.1) is 0 Å². The number of phenolic OH excluding ortho intramolecular Hbond substituents is 1. The normalized spacial score (nSPS) is 10.5. The molecule has 1 aromatic carbocycles. The van der Waals surface area contributed by atoms with E-state index in [9.17, 15) is 9.90 Å². The summed E-state index contributed by atoms with van der Waals surface area (Å²) in [5.74, 6) is 0.148. The number of aromatic hydroxyl groups is 1. The molecule has 0 fully saturated rings. The van der Waals surface area contributed by atoms with Gasteiger partial charge in [0.25, 0.3) is 0 Å². The van der Waals surface area contributed by atoms with Crippen molar-refractivity contribution < 1.29 is 9.90 Å². The van der Waals surface area contributed by atoms with Crippen molar-refractivity contribution in [3.05, 3.63) is 23.4 Å². The Morgan fingerprint density at radius 3 is 3.00 bits per heavy atom. The van der Waals surface area contributed by atoms with E-state index in [0.29, 0.717) is 17.4 Å². The lowest BCUT2D eigenvalue weighted by Gasteiger charge is -1.95. The lowest BCUT2D eigenvalue weighted by Crippen LogP contribution is -1.79. The number of hydrogen-bond acceptors (Lipinski definition) is 3. The highest BCUT2D eigenvalue weighted by Gasteiger charge is 2.07. The van der Waals surface area contributed by atoms with Crippen LogP contribution < -0.4 is 0 Å². The van der Waals surface area contributed by atoms with Crippen molar-refractivity contribution in [3.8, 4) is 5.75 Å². The van der Waals surface area contributed by atoms with Crippen molar-refractivity contribution in [2.45, 2.75) is 6.92 Å². The van der Waals surface area contributed by atoms with E-state index < -0.39 is 0 Å². The van der Waals surface area contributed by atoms with Crippen LogP contribution in [0.25, 0.3) is 10.9 Å². The minimum absolute atomic E-state index is 0.148. The highest BCUT2D eigenvalue weighted by molar-refractivity contribution is 5.96. The Labute approximate surface area is 74.2 Å². The Kier molecular flexibility index (Phi) is 1.55. The first-order valence-electron chi connectivity index (χ1n) is 3.85. The van der Waals surface area contributed by atoms with Crippen LogP contribution in [0.2, 0.25) is 0 Å². The van der Waals surface area contributed by atoms with Gasteiger partial charge in [0.15, 0.2) is 6.29 Å². The van der Waals surface area contributed by atoms with Crippen LogP contribution in [0.5, 0.6) is 5.75 Å². The molecule has 4 heteroatoms. The summed E-state index contributed by atoms with van der Waals surface area (Å²) < 4.78 is 0. The molecular formula is C9H8N2O2. The van der Waals surface area contributed by atoms with Crippen LogP contribution in [-0.2, 0) is 0 Å². The summed E-state index contributed by atoms with van der Waals surface area (Å²) in [6, 6.07) is 3.13. The predicted octanol–water partition coefficient (Wildman–Crippen LogP) is 1.39. The zero-order chi connectivity index (χ0) is 9.42. The first-order chi connectivity index (χ1) is 6.22. The standard InChI is InChI=1S/C9H8N2O2/c1-5-2-6(13)3-7-8(4-12)10-11-9(5)7/h2-4,13H,1H3,(H,10,11). The number of H-pyrrole nitrogens is 1. The third kappa shape index (κ3) is 1.07. The van der Waals surface area contributed by atoms with Gasteiger partial charge in [-0.1, -0.05) is 0 Å². The summed E-state index contributed by atoms with van der Waals surface area (Å²) in [5, 5.41) is 16.5. The van der Waals surface area contributed by atoms with E-state index in [2.05, 4.69) is 10.2 Å². The number of rotatable bonds is 1. The minimum atomic E-state index is 0.148. The predicted molar refractivity (Wildman–Crippen MR) is 47.9 cm³/mol. The smallest absolute Gasteiger partial charge is 0.168 e. The fourth-order valence-electron chi connectivity index (χ4n) is 1.38. The average molecular weight is 176 g/mol. The number of nitrogens with zero attached hydrogens (tertiary/aromatic N) is 1. The first-order valence-corrected chi connectivity index (χ1v) is 3.85. The molecule has 0 spiro atoms. The van der Waals surface area contributed by atoms with Crippen LogP contribution in [-0.4, -0.2) is 21.6 Å². The third-order valence-electron chi connectivity index (χ3n) is 1.98. The van der Waals surface area contributed by atoms with Gasteiger partial charge in [-0.3, -0.25) is 9.89 Å². The lowest BCUT2D eigenvalue weighted by molar-refractivity contribution is 0.112. The summed E-state index contributed by atoms with van der Waals surface area (Å²) in [5.41, 5.74) is 1.97. The van der Waals surface area contributed by atoms with Gasteiger partial charge in [0, 0.05) is 5.39 Å². The Balaban J connectivity index is 2.89. The molecule has 2 aromatic rings. The molecule has 4 nitrogen and oxygen atoms in total. The third-order valence-corrected chi connectivity index (χ3v) is 1.98. The second-order valence-electron chi connectivity index (χ2n) is 2.91. The number of aromatic nitrogens is 2. The number of benzene rings is 1. The molecule has 0 unspecified atom stereocenters. The Morgan fingerprint density at radius 1 is 1.54 bits per heavy atom. The second-order valence-corrected chi connectivity index (χ2v) is 2.91. The van der Waals surface area contributed by atoms with Crippen molar-refractivity contribution in [1.29, 1.82) is 0 Å². The van der Waals surface area contributed by atoms with Gasteiger partial charge in [0.1, 0.15) is 11.4 Å². The monoisotopic (exact) mass is 176 g/mol. The van der Waals surface area contributed by atoms with Crippen molar-refractivity contribution in [2.24, 2.45) is 0 Å². The Bertz CT molecular complexity index is 474. The molecule has 0 amide bonds. The van der Waals surface area contributed by atoms with E-state index in [0.717, 1.165) is 11.1 Å². The molecule has 0 bridgehead atoms. The topological polar surface area (TPSA) is 66.0 Å². The van der Waals surface area contributed by atoms with Crippen LogP contribution in [0, 0.1) is 6.92 Å². The van der Waals surface area contributed by atoms with E-state index in [1.165, 1.54) is 6.07 Å². The molecule has 2 rings (SSSR count). The highest BCUT2D eigenvalue weighted by atomic mass is 16.3. The van der Waals surface area contributed by atoms with Gasteiger partial charge >= 0.3 is 0 Å². The van der Waals surface area contributed by atoms with E-state index in [-0.39, 0.29) is 5.75 Å². The number of nitrogens with one attached hydrogen (secondary N) is 1. The molecule has 0 radical (unpaired) electrons. The van der Waals surface area contributed by atoms with Gasteiger partial charge < -0.3 is 5.11 Å². The number of phenols is 1. The maximum absolute atomic E-state index is 10.6. The van der Waals surface area contributed by atoms with Crippen molar-refractivity contribution in [3.63, 3.8) is 0 Å². The van der Waals surface area contributed by atoms with Gasteiger partial charge in [0.2, 0.25) is 0 Å². The van der Waals surface area contributed by atoms with Crippen molar-refractivity contribution >= 4 is 17.2 Å². The fourth-order valence-corrected chi connectivity index (χ4v) is 1.38. The lowest BCUT2D eigenvalue weighted by atomic mass is 10.1. The summed E-state index contributed by atoms with van der Waals surface area (Å²) in [4.78, 5) is 10.6. The molecule has 66 valence electrons. The van der Waals surface area contributed by atoms with Gasteiger partial charge in [-0.2, -0.15) is 5.10 Å². The largest absolute Gasteiger partial charge is 0.508 e. The molecule has 0 aliphatic rings. The molecule has 2 N–H and O–H groups in total. The number of aryl methyl sites for hydroxylation is 1. The second kappa shape index (κ2) is 2.58. The van der Waals surface area contributed by atoms with Crippen molar-refractivity contribution in [1.82, 2.24) is 10.2 Å². The SMILES string of the molecule is Cc1cc(O)cc2c(C=O)[nH]nc12. The molecule has 0 atom stereocenters. The molecular weight excluding hydrogens is 168 g/mol. The number of carbonyl (C=O) groups is 1. The molecule has 1 heterocycles. The van der Waals surface area contributed by atoms with E-state index >= 15 is 0 Å². The van der Waals surface area contributed by atoms with Crippen LogP contribution in [0.4, 0.5) is 0 Å². The Morgan fingerprint density at radius 2 is 2.31 bits per heavy atom. The quantitative estimate of drug-likeness (QED) is 0.645. The first kappa shape index (κ1) is 7.79. The van der Waals surface area contributed by atoms with Gasteiger partial charge in [-0.05, 0) is 24.6 Å². The molecule has 13 heavy (non-hydrogen) atoms. The number of hydrogen-bond donors (Lipinski definition) is 2. The molecule has 0 saturated heterocycles. The molecule has 0 aliphatic carbocycles. The van der Waals surface area contributed by atoms with E-state index in [1.807, 2.05) is 6.92 Å².